The van der Waals surface area contributed by atoms with E-state index in [0.29, 0.717) is 17.0 Å². The first kappa shape index (κ1) is 18.9. The molecule has 1 aliphatic rings. The van der Waals surface area contributed by atoms with Crippen molar-refractivity contribution in [2.75, 3.05) is 0 Å². The molecule has 3 rings (SSSR count). The van der Waals surface area contributed by atoms with E-state index in [2.05, 4.69) is 15.5 Å². The van der Waals surface area contributed by atoms with E-state index in [4.69, 9.17) is 4.42 Å². The van der Waals surface area contributed by atoms with Crippen LogP contribution in [0.4, 0.5) is 4.39 Å². The van der Waals surface area contributed by atoms with Gasteiger partial charge in [-0.3, -0.25) is 4.79 Å². The van der Waals surface area contributed by atoms with E-state index in [9.17, 15) is 9.18 Å². The largest absolute Gasteiger partial charge is 0.416 e. The molecule has 0 spiro atoms. The summed E-state index contributed by atoms with van der Waals surface area (Å²) in [6.07, 6.45) is 5.87. The molecular weight excluding hydrogens is 353 g/mol. The molecule has 2 atom stereocenters. The number of halogens is 1. The van der Waals surface area contributed by atoms with Gasteiger partial charge in [0.25, 0.3) is 5.22 Å². The Morgan fingerprint density at radius 1 is 1.19 bits per heavy atom. The van der Waals surface area contributed by atoms with Gasteiger partial charge in [0, 0.05) is 5.92 Å². The number of rotatable bonds is 6. The van der Waals surface area contributed by atoms with Gasteiger partial charge < -0.3 is 9.73 Å². The standard InChI is InChI=1S/C19H24FN3O2S/c1-12(14-8-10-16(20)11-9-14)21-17(24)13(2)26-19-23-22-18(25-19)15-6-4-3-5-7-15/h8-13,15H,3-7H2,1-2H3,(H,21,24)/t12-,13-/m1/s1. The van der Waals surface area contributed by atoms with Crippen LogP contribution in [-0.2, 0) is 4.79 Å². The highest BCUT2D eigenvalue weighted by Gasteiger charge is 2.24. The Hall–Kier alpha value is -1.89. The minimum atomic E-state index is -0.363. The van der Waals surface area contributed by atoms with Crippen LogP contribution in [0.3, 0.4) is 0 Å². The molecule has 5 nitrogen and oxygen atoms in total. The number of hydrogen-bond donors (Lipinski definition) is 1. The normalized spacial score (nSPS) is 17.7. The van der Waals surface area contributed by atoms with Crippen molar-refractivity contribution in [3.63, 3.8) is 0 Å². The molecule has 1 N–H and O–H groups in total. The van der Waals surface area contributed by atoms with Crippen LogP contribution in [0.5, 0.6) is 0 Å². The van der Waals surface area contributed by atoms with Crippen LogP contribution in [0.15, 0.2) is 33.9 Å². The molecule has 1 heterocycles. The second-order valence-electron chi connectivity index (χ2n) is 6.78. The van der Waals surface area contributed by atoms with Gasteiger partial charge in [-0.2, -0.15) is 0 Å². The minimum Gasteiger partial charge on any atom is -0.416 e. The van der Waals surface area contributed by atoms with E-state index in [1.165, 1.54) is 43.2 Å². The average molecular weight is 377 g/mol. The first-order valence-electron chi connectivity index (χ1n) is 9.09. The number of nitrogens with zero attached hydrogens (tertiary/aromatic N) is 2. The van der Waals surface area contributed by atoms with E-state index >= 15 is 0 Å². The van der Waals surface area contributed by atoms with Crippen molar-refractivity contribution in [2.45, 2.75) is 68.4 Å². The lowest BCUT2D eigenvalue weighted by Crippen LogP contribution is -2.33. The van der Waals surface area contributed by atoms with E-state index < -0.39 is 0 Å². The van der Waals surface area contributed by atoms with Crippen LogP contribution < -0.4 is 5.32 Å². The Kier molecular flexibility index (Phi) is 6.29. The van der Waals surface area contributed by atoms with Gasteiger partial charge in [0.1, 0.15) is 5.82 Å². The summed E-state index contributed by atoms with van der Waals surface area (Å²) in [6.45, 7) is 3.68. The molecule has 1 aromatic heterocycles. The molecular formula is C19H24FN3O2S. The summed E-state index contributed by atoms with van der Waals surface area (Å²) < 4.78 is 18.8. The fourth-order valence-corrected chi connectivity index (χ4v) is 3.85. The smallest absolute Gasteiger partial charge is 0.277 e. The van der Waals surface area contributed by atoms with Gasteiger partial charge in [-0.1, -0.05) is 43.2 Å². The van der Waals surface area contributed by atoms with Crippen molar-refractivity contribution in [3.05, 3.63) is 41.5 Å². The fraction of sp³-hybridized carbons (Fsp3) is 0.526. The van der Waals surface area contributed by atoms with Gasteiger partial charge in [0.05, 0.1) is 11.3 Å². The number of carbonyl (C=O) groups excluding carboxylic acids is 1. The lowest BCUT2D eigenvalue weighted by Gasteiger charge is -2.17. The molecule has 1 fully saturated rings. The SMILES string of the molecule is C[C@@H](Sc1nnc(C2CCCCC2)o1)C(=O)N[C@H](C)c1ccc(F)cc1. The summed E-state index contributed by atoms with van der Waals surface area (Å²) in [7, 11) is 0. The van der Waals surface area contributed by atoms with E-state index in [0.717, 1.165) is 18.4 Å². The van der Waals surface area contributed by atoms with Gasteiger partial charge >= 0.3 is 0 Å². The molecule has 140 valence electrons. The van der Waals surface area contributed by atoms with Crippen molar-refractivity contribution in [1.29, 1.82) is 0 Å². The van der Waals surface area contributed by atoms with Crippen molar-refractivity contribution >= 4 is 17.7 Å². The summed E-state index contributed by atoms with van der Waals surface area (Å²) in [5, 5.41) is 11.3. The molecule has 0 aliphatic heterocycles. The van der Waals surface area contributed by atoms with Crippen LogP contribution in [0.25, 0.3) is 0 Å². The molecule has 0 bridgehead atoms. The number of hydrogen-bond acceptors (Lipinski definition) is 5. The predicted molar refractivity (Wildman–Crippen MR) is 98.4 cm³/mol. The molecule has 1 saturated carbocycles. The molecule has 0 saturated heterocycles. The highest BCUT2D eigenvalue weighted by atomic mass is 32.2. The zero-order valence-electron chi connectivity index (χ0n) is 15.1. The highest BCUT2D eigenvalue weighted by molar-refractivity contribution is 8.00. The zero-order valence-corrected chi connectivity index (χ0v) is 15.9. The number of carbonyl (C=O) groups is 1. The van der Waals surface area contributed by atoms with E-state index in [1.807, 2.05) is 13.8 Å². The van der Waals surface area contributed by atoms with Gasteiger partial charge in [-0.15, -0.1) is 10.2 Å². The van der Waals surface area contributed by atoms with Gasteiger partial charge in [-0.05, 0) is 44.4 Å². The number of benzene rings is 1. The molecule has 1 aromatic carbocycles. The molecule has 1 amide bonds. The highest BCUT2D eigenvalue weighted by Crippen LogP contribution is 2.33. The third-order valence-electron chi connectivity index (χ3n) is 4.75. The number of nitrogens with one attached hydrogen (secondary N) is 1. The third-order valence-corrected chi connectivity index (χ3v) is 5.69. The van der Waals surface area contributed by atoms with Gasteiger partial charge in [0.2, 0.25) is 11.8 Å². The molecule has 0 radical (unpaired) electrons. The Labute approximate surface area is 157 Å². The third kappa shape index (κ3) is 4.84. The van der Waals surface area contributed by atoms with Crippen LogP contribution >= 0.6 is 11.8 Å². The average Bonchev–Trinajstić information content (AvgIpc) is 3.11. The molecule has 0 unspecified atom stereocenters. The quantitative estimate of drug-likeness (QED) is 0.744. The molecule has 26 heavy (non-hydrogen) atoms. The topological polar surface area (TPSA) is 68.0 Å². The minimum absolute atomic E-state index is 0.121. The van der Waals surface area contributed by atoms with Crippen molar-refractivity contribution in [3.8, 4) is 0 Å². The lowest BCUT2D eigenvalue weighted by atomic mass is 9.89. The van der Waals surface area contributed by atoms with Crippen LogP contribution in [0, 0.1) is 5.82 Å². The summed E-state index contributed by atoms with van der Waals surface area (Å²) in [4.78, 5) is 12.4. The van der Waals surface area contributed by atoms with E-state index in [-0.39, 0.29) is 23.0 Å². The fourth-order valence-electron chi connectivity index (χ4n) is 3.15. The Balaban J connectivity index is 1.53. The van der Waals surface area contributed by atoms with Crippen molar-refractivity contribution < 1.29 is 13.6 Å². The summed E-state index contributed by atoms with van der Waals surface area (Å²) in [6, 6.07) is 5.92. The Bertz CT molecular complexity index is 729. The molecule has 7 heteroatoms. The molecule has 2 aromatic rings. The van der Waals surface area contributed by atoms with Crippen LogP contribution in [0.1, 0.15) is 69.4 Å². The van der Waals surface area contributed by atoms with Gasteiger partial charge in [-0.25, -0.2) is 4.39 Å². The zero-order chi connectivity index (χ0) is 18.5. The number of aromatic nitrogens is 2. The first-order chi connectivity index (χ1) is 12.5. The maximum Gasteiger partial charge on any atom is 0.277 e. The van der Waals surface area contributed by atoms with Crippen molar-refractivity contribution in [1.82, 2.24) is 15.5 Å². The van der Waals surface area contributed by atoms with Crippen LogP contribution in [0.2, 0.25) is 0 Å². The second kappa shape index (κ2) is 8.66. The lowest BCUT2D eigenvalue weighted by molar-refractivity contribution is -0.120. The number of thioether (sulfide) groups is 1. The predicted octanol–water partition coefficient (Wildman–Crippen LogP) is 4.61. The van der Waals surface area contributed by atoms with Crippen molar-refractivity contribution in [2.24, 2.45) is 0 Å². The monoisotopic (exact) mass is 377 g/mol. The first-order valence-corrected chi connectivity index (χ1v) is 9.97. The number of amides is 1. The summed E-state index contributed by atoms with van der Waals surface area (Å²) in [5.74, 6) is 0.637. The molecule has 1 aliphatic carbocycles. The Morgan fingerprint density at radius 3 is 2.58 bits per heavy atom. The van der Waals surface area contributed by atoms with E-state index in [1.54, 1.807) is 12.1 Å². The van der Waals surface area contributed by atoms with Gasteiger partial charge in [0.15, 0.2) is 0 Å². The maximum absolute atomic E-state index is 13.0. The Morgan fingerprint density at radius 2 is 1.88 bits per heavy atom. The van der Waals surface area contributed by atoms with Crippen LogP contribution in [-0.4, -0.2) is 21.4 Å². The maximum atomic E-state index is 13.0. The second-order valence-corrected chi connectivity index (χ2v) is 8.08. The summed E-state index contributed by atoms with van der Waals surface area (Å²) in [5.41, 5.74) is 0.856. The summed E-state index contributed by atoms with van der Waals surface area (Å²) >= 11 is 1.26.